The molecule has 0 spiro atoms. The zero-order valence-corrected chi connectivity index (χ0v) is 15.2. The second-order valence-electron chi connectivity index (χ2n) is 7.02. The molecule has 0 bridgehead atoms. The number of aromatic nitrogens is 5. The van der Waals surface area contributed by atoms with Crippen molar-refractivity contribution in [3.63, 3.8) is 0 Å². The molecule has 0 radical (unpaired) electrons. The Morgan fingerprint density at radius 2 is 1.93 bits per heavy atom. The van der Waals surface area contributed by atoms with E-state index in [-0.39, 0.29) is 12.5 Å². The van der Waals surface area contributed by atoms with Crippen LogP contribution in [0.5, 0.6) is 0 Å². The number of halogens is 3. The topological polar surface area (TPSA) is 68.3 Å². The van der Waals surface area contributed by atoms with Crippen molar-refractivity contribution in [1.29, 1.82) is 0 Å². The van der Waals surface area contributed by atoms with E-state index in [9.17, 15) is 18.0 Å². The van der Waals surface area contributed by atoms with Gasteiger partial charge in [-0.3, -0.25) is 4.79 Å². The summed E-state index contributed by atoms with van der Waals surface area (Å²) in [6, 6.07) is 5.47. The average Bonchev–Trinajstić information content (AvgIpc) is 3.11. The van der Waals surface area contributed by atoms with Gasteiger partial charge in [0.2, 0.25) is 0 Å². The number of fused-ring (bicyclic) bond motifs is 1. The van der Waals surface area contributed by atoms with Crippen LogP contribution in [0.3, 0.4) is 0 Å². The van der Waals surface area contributed by atoms with Crippen molar-refractivity contribution >= 4 is 11.5 Å². The Bertz CT molecular complexity index is 1050. The largest absolute Gasteiger partial charge is 0.435 e. The van der Waals surface area contributed by atoms with Crippen LogP contribution in [0.25, 0.3) is 5.65 Å². The van der Waals surface area contributed by atoms with E-state index in [1.807, 2.05) is 19.1 Å². The normalized spacial score (nSPS) is 16.1. The van der Waals surface area contributed by atoms with Gasteiger partial charge in [-0.2, -0.15) is 27.9 Å². The van der Waals surface area contributed by atoms with Crippen LogP contribution < -0.4 is 10.5 Å². The highest BCUT2D eigenvalue weighted by atomic mass is 19.4. The molecule has 0 saturated carbocycles. The molecule has 0 atom stereocenters. The van der Waals surface area contributed by atoms with E-state index in [0.717, 1.165) is 59.9 Å². The molecule has 7 nitrogen and oxygen atoms in total. The SMILES string of the molecule is Cc1cc(N2CCC(Cn3nc(C(F)(F)F)ccc3=O)CC2)n2nccc2n1. The third-order valence-corrected chi connectivity index (χ3v) is 5.00. The Morgan fingerprint density at radius 1 is 1.18 bits per heavy atom. The lowest BCUT2D eigenvalue weighted by Crippen LogP contribution is -2.38. The first-order chi connectivity index (χ1) is 13.3. The first-order valence-corrected chi connectivity index (χ1v) is 9.03. The summed E-state index contributed by atoms with van der Waals surface area (Å²) in [5, 5.41) is 7.82. The fourth-order valence-electron chi connectivity index (χ4n) is 3.56. The van der Waals surface area contributed by atoms with Crippen LogP contribution in [-0.4, -0.2) is 37.5 Å². The van der Waals surface area contributed by atoms with Crippen LogP contribution in [0.1, 0.15) is 24.2 Å². The van der Waals surface area contributed by atoms with E-state index < -0.39 is 17.4 Å². The van der Waals surface area contributed by atoms with Crippen LogP contribution >= 0.6 is 0 Å². The second-order valence-corrected chi connectivity index (χ2v) is 7.02. The predicted molar refractivity (Wildman–Crippen MR) is 96.2 cm³/mol. The van der Waals surface area contributed by atoms with Gasteiger partial charge in [-0.25, -0.2) is 9.67 Å². The van der Waals surface area contributed by atoms with Gasteiger partial charge in [0.25, 0.3) is 5.56 Å². The second kappa shape index (κ2) is 6.92. The molecule has 28 heavy (non-hydrogen) atoms. The van der Waals surface area contributed by atoms with E-state index in [0.29, 0.717) is 0 Å². The maximum atomic E-state index is 12.9. The minimum absolute atomic E-state index is 0.0842. The number of hydrogen-bond donors (Lipinski definition) is 0. The fourth-order valence-corrected chi connectivity index (χ4v) is 3.56. The predicted octanol–water partition coefficient (Wildman–Crippen LogP) is 2.53. The summed E-state index contributed by atoms with van der Waals surface area (Å²) in [6.07, 6.45) is -1.38. The highest BCUT2D eigenvalue weighted by Crippen LogP contribution is 2.27. The summed E-state index contributed by atoms with van der Waals surface area (Å²) < 4.78 is 41.3. The van der Waals surface area contributed by atoms with Crippen molar-refractivity contribution < 1.29 is 13.2 Å². The molecular formula is C18H19F3N6O. The lowest BCUT2D eigenvalue weighted by molar-refractivity contribution is -0.142. The summed E-state index contributed by atoms with van der Waals surface area (Å²) in [4.78, 5) is 18.5. The van der Waals surface area contributed by atoms with Crippen molar-refractivity contribution in [1.82, 2.24) is 24.4 Å². The molecule has 3 aromatic heterocycles. The molecule has 0 amide bonds. The van der Waals surface area contributed by atoms with Gasteiger partial charge in [0.15, 0.2) is 11.3 Å². The minimum atomic E-state index is -4.56. The molecule has 0 aromatic carbocycles. The standard InChI is InChI=1S/C18H19F3N6O/c1-12-10-16(27-15(23-12)4-7-22-27)25-8-5-13(6-9-25)11-26-17(28)3-2-14(24-26)18(19,20)21/h2-4,7,10,13H,5-6,8-9,11H2,1H3. The van der Waals surface area contributed by atoms with Gasteiger partial charge in [-0.15, -0.1) is 0 Å². The molecule has 1 aliphatic heterocycles. The van der Waals surface area contributed by atoms with Gasteiger partial charge in [0.1, 0.15) is 5.82 Å². The van der Waals surface area contributed by atoms with Gasteiger partial charge >= 0.3 is 6.18 Å². The van der Waals surface area contributed by atoms with E-state index in [1.165, 1.54) is 0 Å². The molecule has 148 valence electrons. The van der Waals surface area contributed by atoms with Crippen LogP contribution in [0.4, 0.5) is 19.0 Å². The van der Waals surface area contributed by atoms with Crippen LogP contribution in [-0.2, 0) is 12.7 Å². The van der Waals surface area contributed by atoms with E-state index in [2.05, 4.69) is 20.1 Å². The summed E-state index contributed by atoms with van der Waals surface area (Å²) >= 11 is 0. The lowest BCUT2D eigenvalue weighted by Gasteiger charge is -2.33. The number of anilines is 1. The van der Waals surface area contributed by atoms with Crippen molar-refractivity contribution in [2.45, 2.75) is 32.5 Å². The molecule has 0 unspecified atom stereocenters. The maximum Gasteiger partial charge on any atom is 0.435 e. The number of hydrogen-bond acceptors (Lipinski definition) is 5. The lowest BCUT2D eigenvalue weighted by atomic mass is 9.97. The zero-order valence-electron chi connectivity index (χ0n) is 15.2. The van der Waals surface area contributed by atoms with E-state index >= 15 is 0 Å². The van der Waals surface area contributed by atoms with Crippen molar-refractivity contribution in [2.24, 2.45) is 5.92 Å². The molecule has 1 fully saturated rings. The number of rotatable bonds is 3. The number of piperidine rings is 1. The Labute approximate surface area is 158 Å². The number of alkyl halides is 3. The van der Waals surface area contributed by atoms with Gasteiger partial charge in [0, 0.05) is 43.5 Å². The van der Waals surface area contributed by atoms with Crippen LogP contribution in [0, 0.1) is 12.8 Å². The Hall–Kier alpha value is -2.91. The maximum absolute atomic E-state index is 12.9. The quantitative estimate of drug-likeness (QED) is 0.685. The highest BCUT2D eigenvalue weighted by Gasteiger charge is 2.33. The summed E-state index contributed by atoms with van der Waals surface area (Å²) in [6.45, 7) is 3.55. The van der Waals surface area contributed by atoms with Gasteiger partial charge in [-0.1, -0.05) is 0 Å². The fraction of sp³-hybridized carbons (Fsp3) is 0.444. The first kappa shape index (κ1) is 18.5. The van der Waals surface area contributed by atoms with Gasteiger partial charge < -0.3 is 4.90 Å². The Balaban J connectivity index is 1.48. The smallest absolute Gasteiger partial charge is 0.356 e. The monoisotopic (exact) mass is 392 g/mol. The molecular weight excluding hydrogens is 373 g/mol. The Kier molecular flexibility index (Phi) is 4.56. The summed E-state index contributed by atoms with van der Waals surface area (Å²) in [7, 11) is 0. The van der Waals surface area contributed by atoms with Crippen molar-refractivity contribution in [3.05, 3.63) is 52.2 Å². The molecule has 4 rings (SSSR count). The summed E-state index contributed by atoms with van der Waals surface area (Å²) in [5.41, 5.74) is 0.109. The minimum Gasteiger partial charge on any atom is -0.356 e. The van der Waals surface area contributed by atoms with Crippen molar-refractivity contribution in [2.75, 3.05) is 18.0 Å². The first-order valence-electron chi connectivity index (χ1n) is 9.03. The number of nitrogens with zero attached hydrogens (tertiary/aromatic N) is 6. The van der Waals surface area contributed by atoms with E-state index in [4.69, 9.17) is 0 Å². The molecule has 3 aromatic rings. The van der Waals surface area contributed by atoms with Gasteiger partial charge in [0.05, 0.1) is 6.20 Å². The number of aryl methyl sites for hydroxylation is 1. The summed E-state index contributed by atoms with van der Waals surface area (Å²) in [5.74, 6) is 1.03. The molecule has 0 aliphatic carbocycles. The third kappa shape index (κ3) is 3.58. The van der Waals surface area contributed by atoms with Crippen molar-refractivity contribution in [3.8, 4) is 0 Å². The van der Waals surface area contributed by atoms with Crippen LogP contribution in [0.2, 0.25) is 0 Å². The molecule has 1 aliphatic rings. The van der Waals surface area contributed by atoms with Crippen LogP contribution in [0.15, 0.2) is 35.3 Å². The molecule has 10 heteroatoms. The average molecular weight is 392 g/mol. The van der Waals surface area contributed by atoms with Gasteiger partial charge in [-0.05, 0) is 31.7 Å². The Morgan fingerprint density at radius 3 is 2.64 bits per heavy atom. The highest BCUT2D eigenvalue weighted by molar-refractivity contribution is 5.50. The molecule has 1 saturated heterocycles. The zero-order chi connectivity index (χ0) is 19.9. The molecule has 0 N–H and O–H groups in total. The molecule has 4 heterocycles. The van der Waals surface area contributed by atoms with E-state index in [1.54, 1.807) is 10.7 Å². The third-order valence-electron chi connectivity index (χ3n) is 5.00.